The molecule has 47 heavy (non-hydrogen) atoms. The van der Waals surface area contributed by atoms with E-state index in [1.807, 2.05) is 0 Å². The lowest BCUT2D eigenvalue weighted by Gasteiger charge is -2.34. The molecule has 2 unspecified atom stereocenters. The van der Waals surface area contributed by atoms with Crippen molar-refractivity contribution in [2.75, 3.05) is 51.3 Å². The molecule has 2 atom stereocenters. The standard InChI is InChI=1S/C37H39F2N5O3/c1-3-22-5-4-6-23-15-26(45)16-28(31(22)23)32-30(38)17-29-34(33(32)39)41-36(42-35(29)44-18-24-7-8-25(19-44)40-24)47-21-37(11-12-37)20-43-13-9-27(46-2)10-14-43/h1,4-6,15-17,24-25,27,40,45H,7-14,18-21H2,2H3. The third-order valence-electron chi connectivity index (χ3n) is 10.6. The lowest BCUT2D eigenvalue weighted by molar-refractivity contribution is 0.0313. The quantitative estimate of drug-likeness (QED) is 0.241. The van der Waals surface area contributed by atoms with Crippen molar-refractivity contribution < 1.29 is 23.4 Å². The number of nitrogens with zero attached hydrogens (tertiary/aromatic N) is 4. The largest absolute Gasteiger partial charge is 0.508 e. The molecule has 1 aliphatic carbocycles. The van der Waals surface area contributed by atoms with Crippen LogP contribution in [0.3, 0.4) is 0 Å². The molecule has 4 heterocycles. The average Bonchev–Trinajstić information content (AvgIpc) is 3.76. The molecular formula is C37H39F2N5O3. The van der Waals surface area contributed by atoms with Crippen molar-refractivity contribution in [1.82, 2.24) is 20.2 Å². The number of hydrogen-bond donors (Lipinski definition) is 2. The van der Waals surface area contributed by atoms with Crippen LogP contribution >= 0.6 is 0 Å². The van der Waals surface area contributed by atoms with Crippen molar-refractivity contribution in [3.8, 4) is 35.2 Å². The fourth-order valence-corrected chi connectivity index (χ4v) is 7.93. The Balaban J connectivity index is 1.19. The van der Waals surface area contributed by atoms with E-state index >= 15 is 8.78 Å². The maximum Gasteiger partial charge on any atom is 0.319 e. The number of hydrogen-bond acceptors (Lipinski definition) is 8. The van der Waals surface area contributed by atoms with Crippen LogP contribution in [0.15, 0.2) is 36.4 Å². The van der Waals surface area contributed by atoms with Crippen LogP contribution in [0.4, 0.5) is 14.6 Å². The lowest BCUT2D eigenvalue weighted by Crippen LogP contribution is -2.51. The molecule has 0 radical (unpaired) electrons. The van der Waals surface area contributed by atoms with Gasteiger partial charge in [0.05, 0.1) is 18.3 Å². The first kappa shape index (κ1) is 30.3. The van der Waals surface area contributed by atoms with Crippen LogP contribution in [0, 0.1) is 29.4 Å². The van der Waals surface area contributed by atoms with Crippen LogP contribution in [0.1, 0.15) is 44.1 Å². The average molecular weight is 640 g/mol. The minimum atomic E-state index is -0.840. The van der Waals surface area contributed by atoms with Crippen LogP contribution < -0.4 is 15.0 Å². The van der Waals surface area contributed by atoms with Gasteiger partial charge in [-0.1, -0.05) is 18.1 Å². The predicted octanol–water partition coefficient (Wildman–Crippen LogP) is 5.63. The number of ether oxygens (including phenoxy) is 2. The molecular weight excluding hydrogens is 600 g/mol. The topological polar surface area (TPSA) is 83.0 Å². The summed E-state index contributed by atoms with van der Waals surface area (Å²) in [6.07, 6.45) is 12.4. The van der Waals surface area contributed by atoms with Gasteiger partial charge in [-0.25, -0.2) is 8.78 Å². The Morgan fingerprint density at radius 3 is 2.53 bits per heavy atom. The fourth-order valence-electron chi connectivity index (χ4n) is 7.93. The molecule has 10 heteroatoms. The van der Waals surface area contributed by atoms with Crippen molar-refractivity contribution in [1.29, 1.82) is 0 Å². The molecule has 1 saturated carbocycles. The molecule has 0 amide bonds. The number of piperazine rings is 1. The number of phenolic OH excluding ortho intramolecular Hbond substituents is 1. The van der Waals surface area contributed by atoms with Gasteiger partial charge in [0, 0.05) is 79.2 Å². The molecule has 4 aromatic rings. The van der Waals surface area contributed by atoms with Crippen LogP contribution in [0.5, 0.6) is 11.8 Å². The molecule has 4 fully saturated rings. The zero-order valence-electron chi connectivity index (χ0n) is 26.6. The van der Waals surface area contributed by atoms with Gasteiger partial charge in [-0.2, -0.15) is 9.97 Å². The van der Waals surface area contributed by atoms with Gasteiger partial charge >= 0.3 is 6.01 Å². The maximum absolute atomic E-state index is 16.9. The number of phenols is 1. The first-order chi connectivity index (χ1) is 22.8. The molecule has 0 spiro atoms. The second-order valence-corrected chi connectivity index (χ2v) is 13.9. The molecule has 2 bridgehead atoms. The molecule has 8 nitrogen and oxygen atoms in total. The molecule has 2 N–H and O–H groups in total. The monoisotopic (exact) mass is 639 g/mol. The Bertz CT molecular complexity index is 1890. The zero-order valence-corrected chi connectivity index (χ0v) is 26.6. The number of aromatic hydroxyl groups is 1. The summed E-state index contributed by atoms with van der Waals surface area (Å²) in [5, 5.41) is 15.6. The smallest absolute Gasteiger partial charge is 0.319 e. The summed E-state index contributed by atoms with van der Waals surface area (Å²) in [6.45, 7) is 4.69. The molecule has 244 valence electrons. The fraction of sp³-hybridized carbons (Fsp3) is 0.459. The van der Waals surface area contributed by atoms with Gasteiger partial charge in [0.1, 0.15) is 22.9 Å². The Morgan fingerprint density at radius 1 is 1.06 bits per heavy atom. The van der Waals surface area contributed by atoms with E-state index in [1.165, 1.54) is 18.2 Å². The third-order valence-corrected chi connectivity index (χ3v) is 10.6. The van der Waals surface area contributed by atoms with Crippen molar-refractivity contribution in [3.05, 3.63) is 53.6 Å². The number of piperidine rings is 1. The van der Waals surface area contributed by atoms with E-state index in [9.17, 15) is 5.11 Å². The summed E-state index contributed by atoms with van der Waals surface area (Å²) in [5.41, 5.74) is 0.331. The summed E-state index contributed by atoms with van der Waals surface area (Å²) in [7, 11) is 1.78. The van der Waals surface area contributed by atoms with Crippen LogP contribution in [0.2, 0.25) is 0 Å². The van der Waals surface area contributed by atoms with Crippen molar-refractivity contribution >= 4 is 27.5 Å². The van der Waals surface area contributed by atoms with E-state index in [2.05, 4.69) is 26.0 Å². The van der Waals surface area contributed by atoms with E-state index in [0.717, 1.165) is 58.2 Å². The number of aromatic nitrogens is 2. The number of methoxy groups -OCH3 is 1. The SMILES string of the molecule is C#Cc1cccc2cc(O)cc(-c3c(F)cc4c(N5CC6CCC(C5)N6)nc(OCC5(CN6CCC(OC)CC6)CC5)nc4c3F)c12. The van der Waals surface area contributed by atoms with Crippen LogP contribution in [0.25, 0.3) is 32.8 Å². The van der Waals surface area contributed by atoms with E-state index in [4.69, 9.17) is 20.9 Å². The van der Waals surface area contributed by atoms with E-state index < -0.39 is 11.6 Å². The zero-order chi connectivity index (χ0) is 32.3. The van der Waals surface area contributed by atoms with E-state index in [1.54, 1.807) is 25.3 Å². The molecule has 3 aliphatic heterocycles. The Hall–Kier alpha value is -4.04. The van der Waals surface area contributed by atoms with Gasteiger partial charge < -0.3 is 29.7 Å². The van der Waals surface area contributed by atoms with Crippen molar-refractivity contribution in [2.45, 2.75) is 56.7 Å². The summed E-state index contributed by atoms with van der Waals surface area (Å²) in [4.78, 5) is 14.0. The molecule has 8 rings (SSSR count). The Kier molecular flexibility index (Phi) is 7.66. The molecule has 1 aromatic heterocycles. The summed E-state index contributed by atoms with van der Waals surface area (Å²) in [6, 6.07) is 10.1. The second kappa shape index (κ2) is 11.9. The normalized spacial score (nSPS) is 22.6. The van der Waals surface area contributed by atoms with Crippen molar-refractivity contribution in [3.63, 3.8) is 0 Å². The van der Waals surface area contributed by atoms with Gasteiger partial charge in [0.2, 0.25) is 0 Å². The van der Waals surface area contributed by atoms with E-state index in [-0.39, 0.29) is 45.9 Å². The maximum atomic E-state index is 16.9. The number of terminal acetylenes is 1. The van der Waals surface area contributed by atoms with Gasteiger partial charge in [-0.3, -0.25) is 0 Å². The summed E-state index contributed by atoms with van der Waals surface area (Å²) >= 11 is 0. The Labute approximate surface area is 273 Å². The first-order valence-electron chi connectivity index (χ1n) is 16.6. The van der Waals surface area contributed by atoms with Crippen LogP contribution in [-0.4, -0.2) is 84.6 Å². The molecule has 3 saturated heterocycles. The number of halogens is 2. The first-order valence-corrected chi connectivity index (χ1v) is 16.6. The molecule has 4 aliphatic rings. The number of nitrogens with one attached hydrogen (secondary N) is 1. The summed E-state index contributed by atoms with van der Waals surface area (Å²) in [5.74, 6) is 1.37. The third kappa shape index (κ3) is 5.64. The lowest BCUT2D eigenvalue weighted by atomic mass is 9.93. The van der Waals surface area contributed by atoms with Gasteiger partial charge in [0.15, 0.2) is 5.82 Å². The van der Waals surface area contributed by atoms with Gasteiger partial charge in [-0.05, 0) is 68.2 Å². The second-order valence-electron chi connectivity index (χ2n) is 13.9. The highest BCUT2D eigenvalue weighted by Crippen LogP contribution is 2.47. The minimum absolute atomic E-state index is 0.00511. The highest BCUT2D eigenvalue weighted by atomic mass is 19.1. The number of benzene rings is 3. The number of rotatable bonds is 8. The van der Waals surface area contributed by atoms with Gasteiger partial charge in [0.25, 0.3) is 0 Å². The number of fused-ring (bicyclic) bond motifs is 4. The highest BCUT2D eigenvalue weighted by Gasteiger charge is 2.45. The van der Waals surface area contributed by atoms with Gasteiger partial charge in [-0.15, -0.1) is 6.42 Å². The number of anilines is 1. The minimum Gasteiger partial charge on any atom is -0.508 e. The van der Waals surface area contributed by atoms with E-state index in [0.29, 0.717) is 53.3 Å². The molecule has 3 aromatic carbocycles. The number of likely N-dealkylation sites (tertiary alicyclic amines) is 1. The summed E-state index contributed by atoms with van der Waals surface area (Å²) < 4.78 is 45.0. The predicted molar refractivity (Wildman–Crippen MR) is 178 cm³/mol. The highest BCUT2D eigenvalue weighted by molar-refractivity contribution is 6.04. The van der Waals surface area contributed by atoms with Crippen LogP contribution in [-0.2, 0) is 4.74 Å². The van der Waals surface area contributed by atoms with Crippen molar-refractivity contribution in [2.24, 2.45) is 5.41 Å². The Morgan fingerprint density at radius 2 is 1.83 bits per heavy atom.